The van der Waals surface area contributed by atoms with Gasteiger partial charge in [0.05, 0.1) is 25.3 Å². The predicted molar refractivity (Wildman–Crippen MR) is 357 cm³/mol. The average Bonchev–Trinajstić information content (AvgIpc) is 0.805. The number of amides is 10. The molecule has 1 aromatic rings. The van der Waals surface area contributed by atoms with Gasteiger partial charge in [-0.3, -0.25) is 43.2 Å². The fourth-order valence-corrected chi connectivity index (χ4v) is 12.4. The second-order valence-corrected chi connectivity index (χ2v) is 38.4. The van der Waals surface area contributed by atoms with Crippen molar-refractivity contribution in [3.63, 3.8) is 0 Å². The molecule has 0 saturated carbocycles. The molecular formula is C63H107N13O17Si2. The van der Waals surface area contributed by atoms with Crippen LogP contribution in [0.1, 0.15) is 142 Å². The summed E-state index contributed by atoms with van der Waals surface area (Å²) in [5.41, 5.74) is 14.5. The van der Waals surface area contributed by atoms with Gasteiger partial charge < -0.3 is 81.0 Å². The molecule has 2 fully saturated rings. The first kappa shape index (κ1) is 81.8. The minimum Gasteiger partial charge on any atom is -0.544 e. The summed E-state index contributed by atoms with van der Waals surface area (Å²) in [4.78, 5) is 163. The fraction of sp³-hybridized carbons (Fsp3) is 0.730. The molecule has 2 heterocycles. The maximum Gasteiger partial charge on any atom is 0.408 e. The van der Waals surface area contributed by atoms with Gasteiger partial charge in [-0.2, -0.15) is 0 Å². The zero-order valence-corrected chi connectivity index (χ0v) is 61.5. The molecule has 14 atom stereocenters. The lowest BCUT2D eigenvalue weighted by atomic mass is 9.87. The second-order valence-electron chi connectivity index (χ2n) is 28.9. The molecule has 0 aliphatic carbocycles. The van der Waals surface area contributed by atoms with Crippen molar-refractivity contribution in [1.82, 2.24) is 47.4 Å². The van der Waals surface area contributed by atoms with Gasteiger partial charge in [0.2, 0.25) is 61.5 Å². The molecule has 10 amide bonds. The summed E-state index contributed by atoms with van der Waals surface area (Å²) in [7, 11) is -2.58. The summed E-state index contributed by atoms with van der Waals surface area (Å²) in [5, 5.41) is 23.5. The number of cyclic esters (lactones) is 1. The Balaban J connectivity index is 2.43. The van der Waals surface area contributed by atoms with Gasteiger partial charge in [-0.25, -0.2) is 9.59 Å². The van der Waals surface area contributed by atoms with Crippen molar-refractivity contribution < 1.29 is 80.5 Å². The second kappa shape index (κ2) is 34.5. The molecule has 2 unspecified atom stereocenters. The first-order valence-corrected chi connectivity index (χ1v) is 38.0. The van der Waals surface area contributed by atoms with E-state index in [0.29, 0.717) is 24.2 Å². The number of hydrogen-bond donors (Lipinski definition) is 9. The van der Waals surface area contributed by atoms with E-state index in [2.05, 4.69) is 86.4 Å². The quantitative estimate of drug-likeness (QED) is 0.0274. The summed E-state index contributed by atoms with van der Waals surface area (Å²) < 4.78 is 36.5. The van der Waals surface area contributed by atoms with Crippen LogP contribution in [-0.4, -0.2) is 193 Å². The smallest absolute Gasteiger partial charge is 0.408 e. The van der Waals surface area contributed by atoms with Crippen LogP contribution in [0.3, 0.4) is 0 Å². The van der Waals surface area contributed by atoms with Crippen molar-refractivity contribution in [2.24, 2.45) is 28.6 Å². The van der Waals surface area contributed by atoms with Gasteiger partial charge >= 0.3 is 12.1 Å². The molecule has 3 rings (SSSR count). The van der Waals surface area contributed by atoms with Crippen LogP contribution >= 0.6 is 0 Å². The Kier molecular flexibility index (Phi) is 29.7. The van der Waals surface area contributed by atoms with Crippen molar-refractivity contribution >= 4 is 81.9 Å². The highest BCUT2D eigenvalue weighted by molar-refractivity contribution is 6.75. The Morgan fingerprint density at radius 2 is 1.36 bits per heavy atom. The van der Waals surface area contributed by atoms with Gasteiger partial charge in [0.1, 0.15) is 71.9 Å². The van der Waals surface area contributed by atoms with Crippen LogP contribution in [0, 0.1) is 17.8 Å². The number of carbonyl (C=O) groups excluding carboxylic acids is 11. The summed E-state index contributed by atoms with van der Waals surface area (Å²) in [5.74, 6) is -12.8. The number of rotatable bonds is 21. The van der Waals surface area contributed by atoms with E-state index >= 15 is 24.0 Å². The van der Waals surface area contributed by atoms with E-state index in [0.717, 1.165) is 0 Å². The standard InChI is InChI=1S/C63H107N13O17Si2/c1-33(2)49-47(71-54(81)44(34(3)35(4)51(64)78)69-55(82)45(36(5)74-75-65)73-60(87)91-61(8,9)10)57(84)68-41(32-88-17)53(80)66-31-43(77)67-37(6)52(79)70-46(38(7)92-94(19,20)62(11,12)13)56(83)72-48(58(85)76-30-24-23-25-42(76)59(86)90-49)50(89-18)39-26-28-40(29-27-39)93-95(21,22)63(14,15)16/h26-29,33-38,41-42,44-50H,23-25,30-32H2,1-22H3,(H2,64,78)(H,66,80)(H,67,77)(H,68,84)(H,69,82)(H,70,79)(H,71,81)(H,72,83)(H,73,87)/t34-,35+,36+,37-,38+,41?,42-,44-,45-,46?,47-,48-,49+,50+/m0/s1. The lowest BCUT2D eigenvalue weighted by Gasteiger charge is -2.41. The molecule has 0 bridgehead atoms. The summed E-state index contributed by atoms with van der Waals surface area (Å²) in [6.45, 7) is 33.7. The molecular weight excluding hydrogens is 1270 g/mol. The number of esters is 1. The lowest BCUT2D eigenvalue weighted by Crippen LogP contribution is -2.65. The van der Waals surface area contributed by atoms with Crippen molar-refractivity contribution in [3.05, 3.63) is 40.3 Å². The van der Waals surface area contributed by atoms with E-state index in [4.69, 9.17) is 33.5 Å². The number of benzene rings is 1. The van der Waals surface area contributed by atoms with Gasteiger partial charge in [-0.1, -0.05) is 93.4 Å². The molecule has 10 N–H and O–H groups in total. The van der Waals surface area contributed by atoms with Gasteiger partial charge in [-0.05, 0) is 125 Å². The molecule has 30 nitrogen and oxygen atoms in total. The SMILES string of the molecule is COCC1NC(=O)[C@@H](NC(=O)[C@@H](NC(=O)[C@@H](NC(=O)OC(C)(C)C)[C@@H](C)N=[N+]=[N-])[C@@H](C)[C@@H](C)C(N)=O)[C@@H](C(C)C)OC(=O)[C@@H]2CCCCN2C(=O)[C@H]([C@H](OC)c2ccc(O[Si](C)(C)C(C)(C)C)cc2)NC(=O)C([C@@H](C)O[Si](C)(C)C(C)(C)C)NC(=O)[C@H](C)NC(=O)CNC1=O. The molecule has 0 aromatic heterocycles. The first-order chi connectivity index (χ1) is 43.7. The highest BCUT2D eigenvalue weighted by atomic mass is 28.4. The first-order valence-electron chi connectivity index (χ1n) is 32.2. The molecule has 2 saturated heterocycles. The minimum absolute atomic E-state index is 0.0183. The lowest BCUT2D eigenvalue weighted by molar-refractivity contribution is -0.168. The number of nitrogens with two attached hydrogens (primary N) is 1. The van der Waals surface area contributed by atoms with Gasteiger partial charge in [0.15, 0.2) is 8.32 Å². The largest absolute Gasteiger partial charge is 0.544 e. The van der Waals surface area contributed by atoms with E-state index in [1.54, 1.807) is 65.8 Å². The third-order valence-corrected chi connectivity index (χ3v) is 26.8. The van der Waals surface area contributed by atoms with Gasteiger partial charge in [0.25, 0.3) is 0 Å². The molecule has 1 aromatic carbocycles. The number of methoxy groups -OCH3 is 2. The monoisotopic (exact) mass is 1370 g/mol. The third-order valence-electron chi connectivity index (χ3n) is 17.9. The highest BCUT2D eigenvalue weighted by Crippen LogP contribution is 2.39. The van der Waals surface area contributed by atoms with Crippen LogP contribution in [0.15, 0.2) is 29.4 Å². The Morgan fingerprint density at radius 1 is 0.768 bits per heavy atom. The fourth-order valence-electron chi connectivity index (χ4n) is 9.97. The van der Waals surface area contributed by atoms with Crippen molar-refractivity contribution in [2.45, 2.75) is 245 Å². The van der Waals surface area contributed by atoms with E-state index in [1.807, 2.05) is 33.9 Å². The number of hydrogen-bond acceptors (Lipinski definition) is 18. The molecule has 0 spiro atoms. The third kappa shape index (κ3) is 23.2. The number of carbonyl (C=O) groups is 11. The topological polar surface area (TPSA) is 417 Å². The normalized spacial score (nSPS) is 23.5. The number of fused-ring (bicyclic) bond motifs is 1. The molecule has 0 radical (unpaired) electrons. The molecule has 534 valence electrons. The maximum absolute atomic E-state index is 15.9. The van der Waals surface area contributed by atoms with E-state index in [1.165, 1.54) is 46.8 Å². The number of nitrogens with one attached hydrogen (secondary N) is 8. The number of alkyl carbamates (subject to hydrolysis) is 1. The van der Waals surface area contributed by atoms with E-state index in [-0.39, 0.29) is 18.0 Å². The number of nitrogens with zero attached hydrogens (tertiary/aromatic N) is 4. The Morgan fingerprint density at radius 3 is 1.88 bits per heavy atom. The summed E-state index contributed by atoms with van der Waals surface area (Å²) in [6.07, 6.45) is -4.49. The summed E-state index contributed by atoms with van der Waals surface area (Å²) >= 11 is 0. The number of piperidine rings is 1. The maximum atomic E-state index is 15.9. The Labute approximate surface area is 560 Å². The van der Waals surface area contributed by atoms with Crippen molar-refractivity contribution in [3.8, 4) is 5.75 Å². The number of azide groups is 1. The number of ether oxygens (including phenoxy) is 4. The Hall–Kier alpha value is -7.39. The Bertz CT molecular complexity index is 2950. The van der Waals surface area contributed by atoms with Crippen LogP contribution in [0.4, 0.5) is 4.79 Å². The van der Waals surface area contributed by atoms with Crippen molar-refractivity contribution in [1.29, 1.82) is 0 Å². The van der Waals surface area contributed by atoms with Crippen molar-refractivity contribution in [2.75, 3.05) is 33.9 Å². The zero-order valence-electron chi connectivity index (χ0n) is 59.5. The van der Waals surface area contributed by atoms with Gasteiger partial charge in [0, 0.05) is 31.6 Å². The number of primary amides is 1. The minimum atomic E-state index is -2.75. The predicted octanol–water partition coefficient (Wildman–Crippen LogP) is 4.17. The highest BCUT2D eigenvalue weighted by Gasteiger charge is 2.48. The van der Waals surface area contributed by atoms with Crippen LogP contribution in [0.25, 0.3) is 10.4 Å². The van der Waals surface area contributed by atoms with E-state index < -0.39 is 196 Å². The van der Waals surface area contributed by atoms with Crippen LogP contribution < -0.4 is 52.7 Å². The molecule has 95 heavy (non-hydrogen) atoms. The summed E-state index contributed by atoms with van der Waals surface area (Å²) in [6, 6.07) is -7.80. The van der Waals surface area contributed by atoms with Crippen LogP contribution in [0.5, 0.6) is 5.75 Å². The van der Waals surface area contributed by atoms with Gasteiger partial charge in [-0.15, -0.1) is 0 Å². The zero-order chi connectivity index (χ0) is 72.6. The molecule has 2 aliphatic rings. The van der Waals surface area contributed by atoms with E-state index in [9.17, 15) is 34.3 Å². The average molecular weight is 1370 g/mol. The molecule has 2 aliphatic heterocycles. The van der Waals surface area contributed by atoms with Crippen LogP contribution in [0.2, 0.25) is 36.3 Å². The molecule has 32 heteroatoms. The van der Waals surface area contributed by atoms with Crippen LogP contribution in [-0.2, 0) is 71.3 Å².